The molecule has 0 aliphatic rings. The molecule has 0 saturated carbocycles. The number of halogens is 2. The average molecular weight is 621 g/mol. The summed E-state index contributed by atoms with van der Waals surface area (Å²) in [6, 6.07) is 37.1. The molecule has 7 heteroatoms. The molecule has 0 atom stereocenters. The van der Waals surface area contributed by atoms with Crippen LogP contribution in [0.3, 0.4) is 0 Å². The summed E-state index contributed by atoms with van der Waals surface area (Å²) in [6.07, 6.45) is 1.54. The van der Waals surface area contributed by atoms with Crippen molar-refractivity contribution in [1.82, 2.24) is 10.4 Å². The van der Waals surface area contributed by atoms with E-state index in [4.69, 9.17) is 21.3 Å². The van der Waals surface area contributed by atoms with Crippen LogP contribution in [0.5, 0.6) is 5.75 Å². The van der Waals surface area contributed by atoms with Crippen LogP contribution in [0.2, 0.25) is 5.02 Å². The minimum atomic E-state index is -0.336. The number of hydrogen-bond acceptors (Lipinski definition) is 4. The number of nitrogens with one attached hydrogen (secondary N) is 1. The lowest BCUT2D eigenvalue weighted by atomic mass is 10.0. The van der Waals surface area contributed by atoms with Crippen LogP contribution >= 0.6 is 27.5 Å². The molecule has 5 aromatic carbocycles. The number of nitrogens with zero attached hydrogens (tertiary/aromatic N) is 2. The molecule has 0 bridgehead atoms. The van der Waals surface area contributed by atoms with E-state index in [2.05, 4.69) is 50.7 Å². The number of benzene rings is 5. The van der Waals surface area contributed by atoms with E-state index in [0.717, 1.165) is 27.4 Å². The molecule has 0 spiro atoms. The fraction of sp³-hybridized carbons (Fsp3) is 0.0294. The largest absolute Gasteiger partial charge is 0.486 e. The van der Waals surface area contributed by atoms with Crippen LogP contribution in [0, 0.1) is 0 Å². The first-order valence-corrected chi connectivity index (χ1v) is 14.1. The standard InChI is InChI=1S/C34H23BrClN3O2/c35-29-17-23(18-30(36)33(29)41-21-22-14-15-24-8-4-5-11-26(24)16-22)20-37-39-34(40)28-19-32(25-9-2-1-3-10-25)38-31-13-7-6-12-27(28)31/h1-20H,21H2,(H,39,40)/b37-20+. The van der Waals surface area contributed by atoms with Crippen molar-refractivity contribution in [1.29, 1.82) is 0 Å². The molecule has 0 unspecified atom stereocenters. The van der Waals surface area contributed by atoms with Gasteiger partial charge >= 0.3 is 0 Å². The van der Waals surface area contributed by atoms with Crippen molar-refractivity contribution in [2.45, 2.75) is 6.61 Å². The number of amides is 1. The van der Waals surface area contributed by atoms with E-state index >= 15 is 0 Å². The number of aromatic nitrogens is 1. The summed E-state index contributed by atoms with van der Waals surface area (Å²) in [5.74, 6) is 0.204. The van der Waals surface area contributed by atoms with Crippen molar-refractivity contribution in [3.05, 3.63) is 141 Å². The van der Waals surface area contributed by atoms with Gasteiger partial charge in [0, 0.05) is 10.9 Å². The van der Waals surface area contributed by atoms with E-state index in [1.807, 2.05) is 78.9 Å². The molecule has 5 nitrogen and oxygen atoms in total. The maximum Gasteiger partial charge on any atom is 0.272 e. The van der Waals surface area contributed by atoms with Gasteiger partial charge in [-0.05, 0) is 68.2 Å². The molecule has 0 aliphatic heterocycles. The normalized spacial score (nSPS) is 11.3. The van der Waals surface area contributed by atoms with E-state index < -0.39 is 0 Å². The van der Waals surface area contributed by atoms with Crippen molar-refractivity contribution in [3.63, 3.8) is 0 Å². The van der Waals surface area contributed by atoms with Crippen molar-refractivity contribution >= 4 is 61.3 Å². The van der Waals surface area contributed by atoms with Crippen molar-refractivity contribution in [3.8, 4) is 17.0 Å². The Labute approximate surface area is 250 Å². The number of hydrogen-bond donors (Lipinski definition) is 1. The van der Waals surface area contributed by atoms with Crippen LogP contribution in [0.25, 0.3) is 32.9 Å². The molecule has 6 aromatic rings. The van der Waals surface area contributed by atoms with Crippen LogP contribution in [0.1, 0.15) is 21.5 Å². The molecular weight excluding hydrogens is 598 g/mol. The first kappa shape index (κ1) is 26.7. The molecule has 0 radical (unpaired) electrons. The molecule has 1 amide bonds. The Morgan fingerprint density at radius 3 is 2.46 bits per heavy atom. The number of carbonyl (C=O) groups is 1. The molecule has 1 N–H and O–H groups in total. The lowest BCUT2D eigenvalue weighted by molar-refractivity contribution is 0.0956. The third-order valence-corrected chi connectivity index (χ3v) is 7.50. The second-order valence-corrected chi connectivity index (χ2v) is 10.7. The van der Waals surface area contributed by atoms with Crippen molar-refractivity contribution < 1.29 is 9.53 Å². The molecule has 0 fully saturated rings. The third kappa shape index (κ3) is 5.99. The van der Waals surface area contributed by atoms with Gasteiger partial charge in [-0.1, -0.05) is 96.5 Å². The van der Waals surface area contributed by atoms with Gasteiger partial charge in [0.2, 0.25) is 0 Å². The van der Waals surface area contributed by atoms with Gasteiger partial charge in [-0.3, -0.25) is 4.79 Å². The summed E-state index contributed by atoms with van der Waals surface area (Å²) in [7, 11) is 0. The fourth-order valence-corrected chi connectivity index (χ4v) is 5.61. The van der Waals surface area contributed by atoms with Gasteiger partial charge in [0.25, 0.3) is 5.91 Å². The molecule has 0 aliphatic carbocycles. The molecule has 0 saturated heterocycles. The lowest BCUT2D eigenvalue weighted by Crippen LogP contribution is -2.18. The van der Waals surface area contributed by atoms with Crippen LogP contribution in [0.4, 0.5) is 0 Å². The number of fused-ring (bicyclic) bond motifs is 2. The summed E-state index contributed by atoms with van der Waals surface area (Å²) >= 11 is 10.1. The van der Waals surface area contributed by atoms with E-state index in [0.29, 0.717) is 38.7 Å². The smallest absolute Gasteiger partial charge is 0.272 e. The van der Waals surface area contributed by atoms with E-state index in [1.54, 1.807) is 18.3 Å². The van der Waals surface area contributed by atoms with E-state index in [-0.39, 0.29) is 5.91 Å². The second kappa shape index (κ2) is 11.9. The summed E-state index contributed by atoms with van der Waals surface area (Å²) in [5, 5.41) is 7.71. The average Bonchev–Trinajstić information content (AvgIpc) is 3.00. The highest BCUT2D eigenvalue weighted by Crippen LogP contribution is 2.35. The Hall–Kier alpha value is -4.52. The highest BCUT2D eigenvalue weighted by molar-refractivity contribution is 9.10. The SMILES string of the molecule is O=C(N/N=C/c1cc(Cl)c(OCc2ccc3ccccc3c2)c(Br)c1)c1cc(-c2ccccc2)nc2ccccc12. The number of ether oxygens (including phenoxy) is 1. The quantitative estimate of drug-likeness (QED) is 0.143. The zero-order valence-corrected chi connectivity index (χ0v) is 24.1. The van der Waals surface area contributed by atoms with Gasteiger partial charge in [-0.2, -0.15) is 5.10 Å². The molecule has 200 valence electrons. The summed E-state index contributed by atoms with van der Waals surface area (Å²) in [5.41, 5.74) is 7.25. The Morgan fingerprint density at radius 1 is 0.878 bits per heavy atom. The maximum absolute atomic E-state index is 13.2. The molecular formula is C34H23BrClN3O2. The zero-order valence-electron chi connectivity index (χ0n) is 21.7. The van der Waals surface area contributed by atoms with Crippen LogP contribution in [0.15, 0.2) is 125 Å². The minimum absolute atomic E-state index is 0.336. The Bertz CT molecular complexity index is 1900. The van der Waals surface area contributed by atoms with E-state index in [1.165, 1.54) is 5.39 Å². The topological polar surface area (TPSA) is 63.6 Å². The van der Waals surface area contributed by atoms with Crippen molar-refractivity contribution in [2.24, 2.45) is 5.10 Å². The van der Waals surface area contributed by atoms with Gasteiger partial charge in [0.1, 0.15) is 6.61 Å². The number of rotatable bonds is 7. The molecule has 1 aromatic heterocycles. The zero-order chi connectivity index (χ0) is 28.2. The highest BCUT2D eigenvalue weighted by atomic mass is 79.9. The Kier molecular flexibility index (Phi) is 7.76. The first-order chi connectivity index (χ1) is 20.0. The number of carbonyl (C=O) groups excluding carboxylic acids is 1. The predicted molar refractivity (Wildman–Crippen MR) is 170 cm³/mol. The third-order valence-electron chi connectivity index (χ3n) is 6.63. The van der Waals surface area contributed by atoms with Gasteiger partial charge in [-0.25, -0.2) is 10.4 Å². The van der Waals surface area contributed by atoms with Gasteiger partial charge < -0.3 is 4.74 Å². The highest BCUT2D eigenvalue weighted by Gasteiger charge is 2.14. The fourth-order valence-electron chi connectivity index (χ4n) is 4.62. The monoisotopic (exact) mass is 619 g/mol. The first-order valence-electron chi connectivity index (χ1n) is 12.9. The molecule has 1 heterocycles. The van der Waals surface area contributed by atoms with Gasteiger partial charge in [0.05, 0.1) is 32.5 Å². The van der Waals surface area contributed by atoms with Crippen LogP contribution in [-0.2, 0) is 6.61 Å². The van der Waals surface area contributed by atoms with E-state index in [9.17, 15) is 4.79 Å². The van der Waals surface area contributed by atoms with Crippen molar-refractivity contribution in [2.75, 3.05) is 0 Å². The molecule has 41 heavy (non-hydrogen) atoms. The Balaban J connectivity index is 1.17. The second-order valence-electron chi connectivity index (χ2n) is 9.42. The summed E-state index contributed by atoms with van der Waals surface area (Å²) < 4.78 is 6.73. The number of pyridine rings is 1. The Morgan fingerprint density at radius 2 is 1.63 bits per heavy atom. The number of para-hydroxylation sites is 1. The predicted octanol–water partition coefficient (Wildman–Crippen LogP) is 8.81. The summed E-state index contributed by atoms with van der Waals surface area (Å²) in [4.78, 5) is 18.0. The number of hydrazone groups is 1. The summed E-state index contributed by atoms with van der Waals surface area (Å²) in [6.45, 7) is 0.373. The van der Waals surface area contributed by atoms with Crippen LogP contribution < -0.4 is 10.2 Å². The molecule has 6 rings (SSSR count). The van der Waals surface area contributed by atoms with Gasteiger partial charge in [0.15, 0.2) is 5.75 Å². The maximum atomic E-state index is 13.2. The minimum Gasteiger partial charge on any atom is -0.486 e. The van der Waals surface area contributed by atoms with Crippen LogP contribution in [-0.4, -0.2) is 17.1 Å². The van der Waals surface area contributed by atoms with Gasteiger partial charge in [-0.15, -0.1) is 0 Å². The lowest BCUT2D eigenvalue weighted by Gasteiger charge is -2.12.